The zero-order valence-electron chi connectivity index (χ0n) is 13.7. The number of hydrogen-bond acceptors (Lipinski definition) is 4. The summed E-state index contributed by atoms with van der Waals surface area (Å²) < 4.78 is 91.3. The maximum absolute atomic E-state index is 13.8. The van der Waals surface area contributed by atoms with E-state index < -0.39 is 46.6 Å². The number of carbonyl (C=O) groups excluding carboxylic acids is 2. The number of esters is 2. The zero-order valence-corrected chi connectivity index (χ0v) is 13.7. The molecule has 0 radical (unpaired) electrons. The van der Waals surface area contributed by atoms with Crippen LogP contribution >= 0.6 is 0 Å². The molecule has 1 fully saturated rings. The van der Waals surface area contributed by atoms with Crippen LogP contribution in [0.4, 0.5) is 26.3 Å². The molecule has 2 unspecified atom stereocenters. The standard InChI is InChI=1S/C18H10F6O4/c19-17(20,21)15(11-7-3-1-4-8-11)13(25)28-16(14(26)27-15,18(22,23)24)12-9-5-2-6-10-12/h1-10H. The molecule has 0 aromatic heterocycles. The first-order valence-electron chi connectivity index (χ1n) is 7.68. The zero-order chi connectivity index (χ0) is 20.8. The summed E-state index contributed by atoms with van der Waals surface area (Å²) in [6.07, 6.45) is -11.1. The number of cyclic esters (lactones) is 2. The minimum atomic E-state index is -5.57. The van der Waals surface area contributed by atoms with E-state index in [0.717, 1.165) is 48.5 Å². The summed E-state index contributed by atoms with van der Waals surface area (Å²) in [6, 6.07) is 10.2. The molecule has 0 spiro atoms. The summed E-state index contributed by atoms with van der Waals surface area (Å²) in [5, 5.41) is 0. The molecule has 0 amide bonds. The van der Waals surface area contributed by atoms with E-state index in [0.29, 0.717) is 0 Å². The predicted octanol–water partition coefficient (Wildman–Crippen LogP) is 4.00. The summed E-state index contributed by atoms with van der Waals surface area (Å²) in [5.74, 6) is -4.79. The third-order valence-corrected chi connectivity index (χ3v) is 4.23. The maximum atomic E-state index is 13.8. The Morgan fingerprint density at radius 1 is 0.571 bits per heavy atom. The second-order valence-electron chi connectivity index (χ2n) is 5.87. The smallest absolute Gasteiger partial charge is 0.428 e. The Bertz CT molecular complexity index is 818. The molecule has 1 saturated heterocycles. The van der Waals surface area contributed by atoms with Gasteiger partial charge in [-0.15, -0.1) is 0 Å². The van der Waals surface area contributed by atoms with Gasteiger partial charge in [-0.05, 0) is 0 Å². The molecule has 1 aliphatic heterocycles. The third kappa shape index (κ3) is 2.62. The topological polar surface area (TPSA) is 52.6 Å². The van der Waals surface area contributed by atoms with Crippen molar-refractivity contribution in [2.24, 2.45) is 0 Å². The molecular weight excluding hydrogens is 394 g/mol. The molecule has 1 aliphatic rings. The molecular formula is C18H10F6O4. The average molecular weight is 404 g/mol. The van der Waals surface area contributed by atoms with Crippen molar-refractivity contribution in [1.82, 2.24) is 0 Å². The summed E-state index contributed by atoms with van der Waals surface area (Å²) in [5.41, 5.74) is -9.81. The van der Waals surface area contributed by atoms with Crippen LogP contribution in [0.1, 0.15) is 11.1 Å². The highest BCUT2D eigenvalue weighted by Gasteiger charge is 2.78. The Labute approximate surface area is 153 Å². The predicted molar refractivity (Wildman–Crippen MR) is 80.5 cm³/mol. The lowest BCUT2D eigenvalue weighted by molar-refractivity contribution is -0.337. The van der Waals surface area contributed by atoms with Gasteiger partial charge in [0.25, 0.3) is 0 Å². The van der Waals surface area contributed by atoms with Gasteiger partial charge >= 0.3 is 35.5 Å². The molecule has 1 heterocycles. The minimum Gasteiger partial charge on any atom is -0.428 e. The normalized spacial score (nSPS) is 25.8. The van der Waals surface area contributed by atoms with Crippen LogP contribution < -0.4 is 0 Å². The Morgan fingerprint density at radius 2 is 0.857 bits per heavy atom. The van der Waals surface area contributed by atoms with Gasteiger partial charge in [-0.3, -0.25) is 0 Å². The van der Waals surface area contributed by atoms with Crippen LogP contribution in [0.3, 0.4) is 0 Å². The van der Waals surface area contributed by atoms with Crippen LogP contribution in [-0.2, 0) is 30.3 Å². The largest absolute Gasteiger partial charge is 0.444 e. The van der Waals surface area contributed by atoms with Gasteiger partial charge in [0.05, 0.1) is 0 Å². The Morgan fingerprint density at radius 3 is 1.11 bits per heavy atom. The molecule has 148 valence electrons. The van der Waals surface area contributed by atoms with Crippen LogP contribution in [0.2, 0.25) is 0 Å². The molecule has 0 aliphatic carbocycles. The van der Waals surface area contributed by atoms with E-state index in [4.69, 9.17) is 0 Å². The highest BCUT2D eigenvalue weighted by molar-refractivity contribution is 5.95. The van der Waals surface area contributed by atoms with E-state index >= 15 is 0 Å². The molecule has 28 heavy (non-hydrogen) atoms. The molecule has 0 N–H and O–H groups in total. The summed E-state index contributed by atoms with van der Waals surface area (Å²) in [6.45, 7) is 0. The van der Waals surface area contributed by atoms with Crippen molar-refractivity contribution in [3.63, 3.8) is 0 Å². The molecule has 2 aromatic carbocycles. The van der Waals surface area contributed by atoms with E-state index in [2.05, 4.69) is 9.47 Å². The molecule has 0 bridgehead atoms. The van der Waals surface area contributed by atoms with Crippen LogP contribution in [0.25, 0.3) is 0 Å². The first kappa shape index (κ1) is 19.7. The van der Waals surface area contributed by atoms with Crippen molar-refractivity contribution in [3.05, 3.63) is 71.8 Å². The quantitative estimate of drug-likeness (QED) is 0.561. The Hall–Kier alpha value is -3.04. The van der Waals surface area contributed by atoms with E-state index in [1.54, 1.807) is 0 Å². The number of hydrogen-bond donors (Lipinski definition) is 0. The van der Waals surface area contributed by atoms with Crippen LogP contribution in [0, 0.1) is 0 Å². The van der Waals surface area contributed by atoms with Gasteiger partial charge in [0.2, 0.25) is 0 Å². The van der Waals surface area contributed by atoms with Crippen LogP contribution in [-0.4, -0.2) is 24.3 Å². The van der Waals surface area contributed by atoms with E-state index in [9.17, 15) is 35.9 Å². The van der Waals surface area contributed by atoms with Gasteiger partial charge in [-0.1, -0.05) is 60.7 Å². The average Bonchev–Trinajstić information content (AvgIpc) is 2.62. The maximum Gasteiger partial charge on any atom is 0.444 e. The Balaban J connectivity index is 2.23. The van der Waals surface area contributed by atoms with Gasteiger partial charge in [0.1, 0.15) is 0 Å². The van der Waals surface area contributed by atoms with Gasteiger partial charge in [-0.2, -0.15) is 26.3 Å². The monoisotopic (exact) mass is 404 g/mol. The van der Waals surface area contributed by atoms with Crippen molar-refractivity contribution in [2.75, 3.05) is 0 Å². The number of rotatable bonds is 2. The van der Waals surface area contributed by atoms with Crippen molar-refractivity contribution >= 4 is 11.9 Å². The molecule has 4 nitrogen and oxygen atoms in total. The highest BCUT2D eigenvalue weighted by Crippen LogP contribution is 2.53. The number of ether oxygens (including phenoxy) is 2. The molecule has 2 atom stereocenters. The second kappa shape index (κ2) is 6.25. The van der Waals surface area contributed by atoms with Gasteiger partial charge < -0.3 is 9.47 Å². The molecule has 2 aromatic rings. The number of benzene rings is 2. The van der Waals surface area contributed by atoms with Crippen molar-refractivity contribution < 1.29 is 45.4 Å². The lowest BCUT2D eigenvalue weighted by atomic mass is 9.86. The first-order chi connectivity index (χ1) is 13.0. The third-order valence-electron chi connectivity index (χ3n) is 4.23. The lowest BCUT2D eigenvalue weighted by Gasteiger charge is -2.44. The van der Waals surface area contributed by atoms with E-state index in [1.807, 2.05) is 0 Å². The van der Waals surface area contributed by atoms with E-state index in [-0.39, 0.29) is 0 Å². The van der Waals surface area contributed by atoms with Crippen molar-refractivity contribution in [2.45, 2.75) is 23.6 Å². The van der Waals surface area contributed by atoms with Gasteiger partial charge in [0.15, 0.2) is 0 Å². The Kier molecular flexibility index (Phi) is 4.40. The molecule has 0 saturated carbocycles. The summed E-state index contributed by atoms with van der Waals surface area (Å²) >= 11 is 0. The van der Waals surface area contributed by atoms with Crippen molar-refractivity contribution in [1.29, 1.82) is 0 Å². The SMILES string of the molecule is O=C1OC(c2ccccc2)(C(F)(F)F)C(=O)OC1(c1ccccc1)C(F)(F)F. The highest BCUT2D eigenvalue weighted by atomic mass is 19.4. The summed E-state index contributed by atoms with van der Waals surface area (Å²) in [7, 11) is 0. The van der Waals surface area contributed by atoms with E-state index in [1.165, 1.54) is 12.1 Å². The second-order valence-corrected chi connectivity index (χ2v) is 5.87. The molecule has 3 rings (SSSR count). The number of halogens is 6. The van der Waals surface area contributed by atoms with Gasteiger partial charge in [0, 0.05) is 11.1 Å². The number of alkyl halides is 6. The van der Waals surface area contributed by atoms with Crippen LogP contribution in [0.15, 0.2) is 60.7 Å². The summed E-state index contributed by atoms with van der Waals surface area (Å²) in [4.78, 5) is 24.9. The lowest BCUT2D eigenvalue weighted by Crippen LogP contribution is -2.66. The fourth-order valence-corrected chi connectivity index (χ4v) is 2.88. The molecule has 10 heteroatoms. The minimum absolute atomic E-state index is 0.797. The fraction of sp³-hybridized carbons (Fsp3) is 0.222. The van der Waals surface area contributed by atoms with Crippen LogP contribution in [0.5, 0.6) is 0 Å². The fourth-order valence-electron chi connectivity index (χ4n) is 2.88. The van der Waals surface area contributed by atoms with Gasteiger partial charge in [-0.25, -0.2) is 9.59 Å². The number of carbonyl (C=O) groups is 2. The van der Waals surface area contributed by atoms with Crippen molar-refractivity contribution in [3.8, 4) is 0 Å². The first-order valence-corrected chi connectivity index (χ1v) is 7.68.